The van der Waals surface area contributed by atoms with Gasteiger partial charge in [0.15, 0.2) is 9.84 Å². The van der Waals surface area contributed by atoms with Gasteiger partial charge in [-0.15, -0.1) is 11.8 Å². The Morgan fingerprint density at radius 2 is 1.54 bits per heavy atom. The van der Waals surface area contributed by atoms with Crippen LogP contribution in [-0.2, 0) is 14.6 Å². The lowest BCUT2D eigenvalue weighted by molar-refractivity contribution is -0.131. The number of rotatable bonds is 6. The zero-order valence-corrected chi connectivity index (χ0v) is 16.2. The van der Waals surface area contributed by atoms with Crippen LogP contribution in [0.1, 0.15) is 19.3 Å². The van der Waals surface area contributed by atoms with Gasteiger partial charge in [0, 0.05) is 30.2 Å². The molecule has 0 atom stereocenters. The maximum atomic E-state index is 12.7. The van der Waals surface area contributed by atoms with Crippen LogP contribution in [0.15, 0.2) is 70.5 Å². The molecule has 0 bridgehead atoms. The van der Waals surface area contributed by atoms with Crippen LogP contribution in [0.25, 0.3) is 0 Å². The minimum atomic E-state index is -3.31. The van der Waals surface area contributed by atoms with Crippen molar-refractivity contribution in [3.05, 3.63) is 60.7 Å². The fourth-order valence-electron chi connectivity index (χ4n) is 3.15. The molecule has 4 nitrogen and oxygen atoms in total. The summed E-state index contributed by atoms with van der Waals surface area (Å²) >= 11 is 1.67. The van der Waals surface area contributed by atoms with Crippen LogP contribution < -0.4 is 0 Å². The van der Waals surface area contributed by atoms with Crippen molar-refractivity contribution in [2.45, 2.75) is 34.3 Å². The summed E-state index contributed by atoms with van der Waals surface area (Å²) in [6, 6.07) is 18.6. The molecule has 0 N–H and O–H groups in total. The summed E-state index contributed by atoms with van der Waals surface area (Å²) in [5.74, 6) is 0.856. The second-order valence-corrected chi connectivity index (χ2v) is 9.75. The van der Waals surface area contributed by atoms with E-state index in [9.17, 15) is 13.2 Å². The molecular formula is C20H23NO3S2. The molecule has 2 aromatic carbocycles. The van der Waals surface area contributed by atoms with Crippen LogP contribution >= 0.6 is 11.8 Å². The predicted molar refractivity (Wildman–Crippen MR) is 105 cm³/mol. The van der Waals surface area contributed by atoms with Crippen molar-refractivity contribution < 1.29 is 13.2 Å². The quantitative estimate of drug-likeness (QED) is 0.708. The lowest BCUT2D eigenvalue weighted by Gasteiger charge is -2.31. The molecule has 26 heavy (non-hydrogen) atoms. The summed E-state index contributed by atoms with van der Waals surface area (Å²) in [6.07, 6.45) is 1.50. The number of likely N-dealkylation sites (tertiary alicyclic amines) is 1. The van der Waals surface area contributed by atoms with Crippen LogP contribution in [-0.4, -0.2) is 43.3 Å². The van der Waals surface area contributed by atoms with E-state index in [-0.39, 0.29) is 5.91 Å². The molecule has 0 unspecified atom stereocenters. The number of carbonyl (C=O) groups excluding carboxylic acids is 1. The molecule has 1 saturated heterocycles. The van der Waals surface area contributed by atoms with Crippen molar-refractivity contribution in [3.8, 4) is 0 Å². The van der Waals surface area contributed by atoms with Gasteiger partial charge in [0.2, 0.25) is 5.91 Å². The third-order valence-corrected chi connectivity index (χ3v) is 7.93. The van der Waals surface area contributed by atoms with E-state index in [0.29, 0.717) is 37.2 Å². The zero-order chi connectivity index (χ0) is 18.4. The average Bonchev–Trinajstić information content (AvgIpc) is 2.69. The molecule has 138 valence electrons. The van der Waals surface area contributed by atoms with Crippen molar-refractivity contribution in [1.82, 2.24) is 4.90 Å². The highest BCUT2D eigenvalue weighted by Gasteiger charge is 2.32. The molecule has 0 radical (unpaired) electrons. The molecule has 1 amide bonds. The van der Waals surface area contributed by atoms with Crippen molar-refractivity contribution in [2.24, 2.45) is 0 Å². The van der Waals surface area contributed by atoms with E-state index in [2.05, 4.69) is 0 Å². The van der Waals surface area contributed by atoms with Gasteiger partial charge >= 0.3 is 0 Å². The Labute approximate surface area is 159 Å². The highest BCUT2D eigenvalue weighted by molar-refractivity contribution is 7.99. The summed E-state index contributed by atoms with van der Waals surface area (Å²) < 4.78 is 25.4. The van der Waals surface area contributed by atoms with Crippen LogP contribution in [0.4, 0.5) is 0 Å². The van der Waals surface area contributed by atoms with E-state index < -0.39 is 15.1 Å². The summed E-state index contributed by atoms with van der Waals surface area (Å²) in [5.41, 5.74) is 0. The molecule has 1 fully saturated rings. The van der Waals surface area contributed by atoms with Gasteiger partial charge in [-0.3, -0.25) is 4.79 Å². The van der Waals surface area contributed by atoms with Gasteiger partial charge in [-0.05, 0) is 37.1 Å². The fourth-order valence-corrected chi connectivity index (χ4v) is 5.76. The van der Waals surface area contributed by atoms with Gasteiger partial charge in [-0.25, -0.2) is 8.42 Å². The first-order chi connectivity index (χ1) is 12.6. The highest BCUT2D eigenvalue weighted by atomic mass is 32.2. The Bertz CT molecular complexity index is 815. The third-order valence-electron chi connectivity index (χ3n) is 4.63. The number of nitrogens with zero attached hydrogens (tertiary/aromatic N) is 1. The second kappa shape index (κ2) is 8.73. The number of amides is 1. The molecule has 0 saturated carbocycles. The van der Waals surface area contributed by atoms with Gasteiger partial charge in [0.05, 0.1) is 10.1 Å². The lowest BCUT2D eigenvalue weighted by atomic mass is 10.1. The molecule has 0 spiro atoms. The Morgan fingerprint density at radius 1 is 0.962 bits per heavy atom. The van der Waals surface area contributed by atoms with Crippen molar-refractivity contribution in [2.75, 3.05) is 18.8 Å². The highest BCUT2D eigenvalue weighted by Crippen LogP contribution is 2.25. The lowest BCUT2D eigenvalue weighted by Crippen LogP contribution is -2.42. The van der Waals surface area contributed by atoms with Crippen LogP contribution in [0.2, 0.25) is 0 Å². The summed E-state index contributed by atoms with van der Waals surface area (Å²) in [6.45, 7) is 1.04. The molecule has 1 aliphatic rings. The summed E-state index contributed by atoms with van der Waals surface area (Å²) in [7, 11) is -3.31. The Kier molecular flexibility index (Phi) is 6.38. The third kappa shape index (κ3) is 4.68. The van der Waals surface area contributed by atoms with E-state index in [4.69, 9.17) is 0 Å². The van der Waals surface area contributed by atoms with Gasteiger partial charge in [-0.2, -0.15) is 0 Å². The summed E-state index contributed by atoms with van der Waals surface area (Å²) in [5, 5.41) is -0.396. The largest absolute Gasteiger partial charge is 0.343 e. The number of thioether (sulfide) groups is 1. The van der Waals surface area contributed by atoms with E-state index >= 15 is 0 Å². The van der Waals surface area contributed by atoms with E-state index in [1.807, 2.05) is 41.3 Å². The van der Waals surface area contributed by atoms with Gasteiger partial charge in [0.25, 0.3) is 0 Å². The molecule has 2 aromatic rings. The Balaban J connectivity index is 1.48. The minimum Gasteiger partial charge on any atom is -0.343 e. The average molecular weight is 390 g/mol. The number of hydrogen-bond donors (Lipinski definition) is 0. The minimum absolute atomic E-state index is 0.115. The van der Waals surface area contributed by atoms with E-state index in [0.717, 1.165) is 10.6 Å². The molecule has 1 aliphatic heterocycles. The van der Waals surface area contributed by atoms with Crippen molar-refractivity contribution >= 4 is 27.5 Å². The molecule has 1 heterocycles. The Morgan fingerprint density at radius 3 is 2.15 bits per heavy atom. The number of benzene rings is 2. The molecule has 0 aliphatic carbocycles. The number of sulfone groups is 1. The van der Waals surface area contributed by atoms with E-state index in [1.165, 1.54) is 0 Å². The first-order valence-electron chi connectivity index (χ1n) is 8.82. The van der Waals surface area contributed by atoms with Crippen molar-refractivity contribution in [3.63, 3.8) is 0 Å². The summed E-state index contributed by atoms with van der Waals surface area (Å²) in [4.78, 5) is 15.7. The normalized spacial score (nSPS) is 15.8. The molecule has 0 aromatic heterocycles. The monoisotopic (exact) mass is 389 g/mol. The first-order valence-corrected chi connectivity index (χ1v) is 11.3. The van der Waals surface area contributed by atoms with Crippen LogP contribution in [0, 0.1) is 0 Å². The number of piperidine rings is 1. The first kappa shape index (κ1) is 19.0. The standard InChI is InChI=1S/C20H23NO3S2/c22-20(13-16-25-17-7-3-1-4-8-17)21-14-11-19(12-15-21)26(23,24)18-9-5-2-6-10-18/h1-10,19H,11-16H2. The molecule has 3 rings (SSSR count). The van der Waals surface area contributed by atoms with Crippen molar-refractivity contribution in [1.29, 1.82) is 0 Å². The number of carbonyl (C=O) groups is 1. The maximum absolute atomic E-state index is 12.7. The van der Waals surface area contributed by atoms with Crippen LogP contribution in [0.5, 0.6) is 0 Å². The topological polar surface area (TPSA) is 54.5 Å². The molecular weight excluding hydrogens is 366 g/mol. The van der Waals surface area contributed by atoms with E-state index in [1.54, 1.807) is 36.0 Å². The van der Waals surface area contributed by atoms with Gasteiger partial charge < -0.3 is 4.90 Å². The molecule has 6 heteroatoms. The fraction of sp³-hybridized carbons (Fsp3) is 0.350. The smallest absolute Gasteiger partial charge is 0.223 e. The Hall–Kier alpha value is -1.79. The van der Waals surface area contributed by atoms with Gasteiger partial charge in [0.1, 0.15) is 0 Å². The number of hydrogen-bond acceptors (Lipinski definition) is 4. The van der Waals surface area contributed by atoms with Crippen LogP contribution in [0.3, 0.4) is 0 Å². The SMILES string of the molecule is O=C(CCSc1ccccc1)N1CCC(S(=O)(=O)c2ccccc2)CC1. The maximum Gasteiger partial charge on any atom is 0.223 e. The second-order valence-electron chi connectivity index (χ2n) is 6.35. The predicted octanol–water partition coefficient (Wildman–Crippen LogP) is 3.63. The zero-order valence-electron chi connectivity index (χ0n) is 14.6. The van der Waals surface area contributed by atoms with Gasteiger partial charge in [-0.1, -0.05) is 36.4 Å².